The molecule has 0 saturated carbocycles. The van der Waals surface area contributed by atoms with Crippen LogP contribution in [0.1, 0.15) is 290 Å². The number of esters is 3. The first-order valence-electron chi connectivity index (χ1n) is 28.1. The third kappa shape index (κ3) is 52.2. The summed E-state index contributed by atoms with van der Waals surface area (Å²) in [6.07, 6.45) is 65.3. The monoisotopic (exact) mass is 911 g/mol. The summed E-state index contributed by atoms with van der Waals surface area (Å²) >= 11 is 0. The molecule has 6 nitrogen and oxygen atoms in total. The van der Waals surface area contributed by atoms with Gasteiger partial charge in [-0.1, -0.05) is 243 Å². The average Bonchev–Trinajstić information content (AvgIpc) is 3.30. The molecule has 378 valence electrons. The lowest BCUT2D eigenvalue weighted by Crippen LogP contribution is -2.30. The van der Waals surface area contributed by atoms with Gasteiger partial charge in [-0.05, 0) is 77.0 Å². The number of hydrogen-bond donors (Lipinski definition) is 0. The van der Waals surface area contributed by atoms with E-state index in [9.17, 15) is 14.4 Å². The number of allylic oxidation sites excluding steroid dienone is 8. The van der Waals surface area contributed by atoms with Crippen LogP contribution in [0.4, 0.5) is 0 Å². The molecule has 0 aliphatic carbocycles. The molecule has 0 aromatic carbocycles. The van der Waals surface area contributed by atoms with Crippen LogP contribution in [-0.2, 0) is 28.6 Å². The zero-order chi connectivity index (χ0) is 47.2. The minimum atomic E-state index is -0.780. The maximum Gasteiger partial charge on any atom is 0.306 e. The highest BCUT2D eigenvalue weighted by molar-refractivity contribution is 5.71. The van der Waals surface area contributed by atoms with Gasteiger partial charge >= 0.3 is 17.9 Å². The number of hydrogen-bond acceptors (Lipinski definition) is 6. The summed E-state index contributed by atoms with van der Waals surface area (Å²) in [4.78, 5) is 38.0. The van der Waals surface area contributed by atoms with Crippen LogP contribution in [0.5, 0.6) is 0 Å². The van der Waals surface area contributed by atoms with Crippen molar-refractivity contribution in [3.63, 3.8) is 0 Å². The number of unbranched alkanes of at least 4 members (excludes halogenated alkanes) is 32. The van der Waals surface area contributed by atoms with E-state index in [4.69, 9.17) is 14.2 Å². The summed E-state index contributed by atoms with van der Waals surface area (Å²) in [5, 5.41) is 0. The Morgan fingerprint density at radius 1 is 0.323 bits per heavy atom. The van der Waals surface area contributed by atoms with Crippen molar-refractivity contribution in [2.75, 3.05) is 13.2 Å². The van der Waals surface area contributed by atoms with Gasteiger partial charge < -0.3 is 14.2 Å². The SMILES string of the molecule is CC/C=C\C/C=C\C/C=C\CCCCCCCC(=O)OC(COC(=O)CCCCCCCCCCC/C=C\CCCCCCCCCC)COC(=O)CCCCCCCCCCCCC. The van der Waals surface area contributed by atoms with E-state index in [0.717, 1.165) is 96.3 Å². The maximum absolute atomic E-state index is 12.8. The Morgan fingerprint density at radius 2 is 0.600 bits per heavy atom. The van der Waals surface area contributed by atoms with Crippen molar-refractivity contribution in [3.8, 4) is 0 Å². The van der Waals surface area contributed by atoms with Crippen LogP contribution in [0.2, 0.25) is 0 Å². The van der Waals surface area contributed by atoms with Crippen LogP contribution in [0.25, 0.3) is 0 Å². The van der Waals surface area contributed by atoms with Crippen molar-refractivity contribution in [2.45, 2.75) is 297 Å². The first kappa shape index (κ1) is 62.4. The Bertz CT molecular complexity index is 1140. The quantitative estimate of drug-likeness (QED) is 0.0262. The molecule has 0 bridgehead atoms. The van der Waals surface area contributed by atoms with Gasteiger partial charge in [0.05, 0.1) is 0 Å². The summed E-state index contributed by atoms with van der Waals surface area (Å²) in [6.45, 7) is 6.53. The van der Waals surface area contributed by atoms with Crippen molar-refractivity contribution in [2.24, 2.45) is 0 Å². The van der Waals surface area contributed by atoms with Crippen molar-refractivity contribution in [1.29, 1.82) is 0 Å². The zero-order valence-electron chi connectivity index (χ0n) is 43.3. The van der Waals surface area contributed by atoms with Crippen LogP contribution in [0.3, 0.4) is 0 Å². The molecule has 0 aromatic rings. The normalized spacial score (nSPS) is 12.4. The summed E-state index contributed by atoms with van der Waals surface area (Å²) in [5.41, 5.74) is 0. The van der Waals surface area contributed by atoms with Gasteiger partial charge in [0.2, 0.25) is 0 Å². The Hall–Kier alpha value is -2.63. The fourth-order valence-electron chi connectivity index (χ4n) is 8.10. The molecule has 0 heterocycles. The van der Waals surface area contributed by atoms with E-state index in [0.29, 0.717) is 19.3 Å². The molecule has 0 fully saturated rings. The highest BCUT2D eigenvalue weighted by Crippen LogP contribution is 2.16. The molecule has 0 aliphatic heterocycles. The van der Waals surface area contributed by atoms with E-state index >= 15 is 0 Å². The van der Waals surface area contributed by atoms with E-state index in [1.54, 1.807) is 0 Å². The van der Waals surface area contributed by atoms with E-state index in [-0.39, 0.29) is 31.1 Å². The summed E-state index contributed by atoms with van der Waals surface area (Å²) in [7, 11) is 0. The molecule has 0 rings (SSSR count). The molecule has 0 N–H and O–H groups in total. The van der Waals surface area contributed by atoms with Gasteiger partial charge in [-0.25, -0.2) is 0 Å². The summed E-state index contributed by atoms with van der Waals surface area (Å²) in [5.74, 6) is -0.887. The first-order chi connectivity index (χ1) is 32.0. The van der Waals surface area contributed by atoms with Gasteiger partial charge in [0.25, 0.3) is 0 Å². The zero-order valence-corrected chi connectivity index (χ0v) is 43.3. The molecule has 65 heavy (non-hydrogen) atoms. The molecule has 0 spiro atoms. The minimum Gasteiger partial charge on any atom is -0.462 e. The molecule has 0 radical (unpaired) electrons. The van der Waals surface area contributed by atoms with E-state index in [2.05, 4.69) is 69.4 Å². The molecule has 0 aromatic heterocycles. The highest BCUT2D eigenvalue weighted by Gasteiger charge is 2.19. The lowest BCUT2D eigenvalue weighted by atomic mass is 10.1. The van der Waals surface area contributed by atoms with Crippen LogP contribution in [0.15, 0.2) is 48.6 Å². The third-order valence-electron chi connectivity index (χ3n) is 12.3. The molecule has 1 atom stereocenters. The fourth-order valence-corrected chi connectivity index (χ4v) is 8.10. The number of carbonyl (C=O) groups excluding carboxylic acids is 3. The van der Waals surface area contributed by atoms with E-state index in [1.807, 2.05) is 0 Å². The standard InChI is InChI=1S/C59H106O6/c1-4-7-10-13-16-19-22-24-26-27-28-29-30-31-33-34-37-40-43-46-49-52-58(61)64-55-56(54-63-57(60)51-48-45-42-39-36-21-18-15-12-9-6-3)65-59(62)53-50-47-44-41-38-35-32-25-23-20-17-14-11-8-5-2/h8,11,17,20,25,27-28,32,56H,4-7,9-10,12-16,18-19,21-24,26,29-31,33-55H2,1-3H3/b11-8-,20-17-,28-27-,32-25-. The third-order valence-corrected chi connectivity index (χ3v) is 12.3. The summed E-state index contributed by atoms with van der Waals surface area (Å²) < 4.78 is 16.8. The lowest BCUT2D eigenvalue weighted by Gasteiger charge is -2.18. The highest BCUT2D eigenvalue weighted by atomic mass is 16.6. The molecule has 0 saturated heterocycles. The predicted molar refractivity (Wildman–Crippen MR) is 279 cm³/mol. The van der Waals surface area contributed by atoms with E-state index in [1.165, 1.54) is 154 Å². The van der Waals surface area contributed by atoms with E-state index < -0.39 is 6.10 Å². The predicted octanol–water partition coefficient (Wildman–Crippen LogP) is 18.7. The smallest absolute Gasteiger partial charge is 0.306 e. The van der Waals surface area contributed by atoms with Gasteiger partial charge in [-0.2, -0.15) is 0 Å². The minimum absolute atomic E-state index is 0.0782. The number of ether oxygens (including phenoxy) is 3. The maximum atomic E-state index is 12.8. The molecular weight excluding hydrogens is 805 g/mol. The van der Waals surface area contributed by atoms with Gasteiger partial charge in [-0.3, -0.25) is 14.4 Å². The first-order valence-corrected chi connectivity index (χ1v) is 28.1. The van der Waals surface area contributed by atoms with Gasteiger partial charge in [0.15, 0.2) is 6.10 Å². The second-order valence-corrected chi connectivity index (χ2v) is 18.8. The van der Waals surface area contributed by atoms with Crippen LogP contribution in [0, 0.1) is 0 Å². The second kappa shape index (κ2) is 54.0. The molecule has 6 heteroatoms. The van der Waals surface area contributed by atoms with Crippen molar-refractivity contribution in [1.82, 2.24) is 0 Å². The fraction of sp³-hybridized carbons (Fsp3) is 0.814. The van der Waals surface area contributed by atoms with Gasteiger partial charge in [0.1, 0.15) is 13.2 Å². The van der Waals surface area contributed by atoms with Crippen molar-refractivity contribution in [3.05, 3.63) is 48.6 Å². The largest absolute Gasteiger partial charge is 0.462 e. The second-order valence-electron chi connectivity index (χ2n) is 18.8. The Labute approximate surface area is 403 Å². The van der Waals surface area contributed by atoms with Gasteiger partial charge in [0, 0.05) is 19.3 Å². The molecule has 0 aliphatic rings. The number of rotatable bonds is 51. The Morgan fingerprint density at radius 3 is 0.954 bits per heavy atom. The van der Waals surface area contributed by atoms with Crippen molar-refractivity contribution < 1.29 is 28.6 Å². The summed E-state index contributed by atoms with van der Waals surface area (Å²) in [6, 6.07) is 0. The van der Waals surface area contributed by atoms with Crippen LogP contribution < -0.4 is 0 Å². The lowest BCUT2D eigenvalue weighted by molar-refractivity contribution is -0.167. The average molecular weight is 911 g/mol. The molecular formula is C59H106O6. The molecule has 0 amide bonds. The van der Waals surface area contributed by atoms with Crippen LogP contribution >= 0.6 is 0 Å². The molecule has 1 unspecified atom stereocenters. The number of carbonyl (C=O) groups is 3. The topological polar surface area (TPSA) is 78.9 Å². The van der Waals surface area contributed by atoms with Gasteiger partial charge in [-0.15, -0.1) is 0 Å². The van der Waals surface area contributed by atoms with Crippen molar-refractivity contribution >= 4 is 17.9 Å². The Balaban J connectivity index is 4.30. The van der Waals surface area contributed by atoms with Crippen LogP contribution in [-0.4, -0.2) is 37.2 Å². The Kier molecular flexibility index (Phi) is 51.8.